The van der Waals surface area contributed by atoms with E-state index in [0.717, 1.165) is 11.5 Å². The van der Waals surface area contributed by atoms with Gasteiger partial charge in [-0.3, -0.25) is 9.59 Å². The Morgan fingerprint density at radius 3 is 2.41 bits per heavy atom. The van der Waals surface area contributed by atoms with Gasteiger partial charge in [0.1, 0.15) is 5.75 Å². The number of amides is 2. The lowest BCUT2D eigenvalue weighted by Gasteiger charge is -1.99. The first kappa shape index (κ1) is 18.8. The maximum absolute atomic E-state index is 12.5. The average molecular weight is 403 g/mol. The Hall–Kier alpha value is -2.97. The fraction of sp³-hybridized carbons (Fsp3) is 0.111. The molecule has 0 aliphatic heterocycles. The van der Waals surface area contributed by atoms with E-state index in [9.17, 15) is 9.59 Å². The van der Waals surface area contributed by atoms with Crippen LogP contribution in [0.2, 0.25) is 5.02 Å². The molecule has 0 saturated heterocycles. The Morgan fingerprint density at radius 1 is 1.15 bits per heavy atom. The van der Waals surface area contributed by atoms with Crippen LogP contribution in [0.5, 0.6) is 5.75 Å². The van der Waals surface area contributed by atoms with Crippen molar-refractivity contribution < 1.29 is 14.3 Å². The van der Waals surface area contributed by atoms with Gasteiger partial charge in [-0.2, -0.15) is 9.06 Å². The van der Waals surface area contributed by atoms with Gasteiger partial charge in [-0.05, 0) is 60.1 Å². The van der Waals surface area contributed by atoms with E-state index in [2.05, 4.69) is 15.4 Å². The van der Waals surface area contributed by atoms with Gasteiger partial charge in [-0.15, -0.1) is 5.10 Å². The molecule has 0 saturated carbocycles. The Labute approximate surface area is 164 Å². The SMILES string of the molecule is CNC(=O)c1nn(-c2ccc(Cl)cc2)sc1=NC(=O)c1ccc(OC)cc1. The molecule has 0 unspecified atom stereocenters. The molecule has 2 aromatic carbocycles. The van der Waals surface area contributed by atoms with E-state index in [4.69, 9.17) is 16.3 Å². The van der Waals surface area contributed by atoms with Crippen molar-refractivity contribution in [3.63, 3.8) is 0 Å². The van der Waals surface area contributed by atoms with Gasteiger partial charge < -0.3 is 10.1 Å². The van der Waals surface area contributed by atoms with E-state index >= 15 is 0 Å². The molecule has 138 valence electrons. The number of carbonyl (C=O) groups is 2. The normalized spacial score (nSPS) is 11.3. The first-order chi connectivity index (χ1) is 13.0. The van der Waals surface area contributed by atoms with Crippen LogP contribution in [-0.4, -0.2) is 35.1 Å². The van der Waals surface area contributed by atoms with Crippen LogP contribution in [-0.2, 0) is 0 Å². The standard InChI is InChI=1S/C18H15ClN4O3S/c1-20-17(25)15-18(21-16(24)11-3-9-14(26-2)10-4-11)27-23(22-15)13-7-5-12(19)6-8-13/h3-10H,1-2H3,(H,20,25). The van der Waals surface area contributed by atoms with E-state index in [1.807, 2.05) is 0 Å². The maximum Gasteiger partial charge on any atom is 0.278 e. The van der Waals surface area contributed by atoms with Gasteiger partial charge in [-0.1, -0.05) is 11.6 Å². The van der Waals surface area contributed by atoms with Crippen molar-refractivity contribution in [3.05, 3.63) is 69.5 Å². The Bertz CT molecular complexity index is 1040. The van der Waals surface area contributed by atoms with E-state index in [1.54, 1.807) is 55.6 Å². The molecule has 3 aromatic rings. The van der Waals surface area contributed by atoms with E-state index in [1.165, 1.54) is 11.1 Å². The highest BCUT2D eigenvalue weighted by Crippen LogP contribution is 2.15. The second-order valence-corrected chi connectivity index (χ2v) is 6.67. The third kappa shape index (κ3) is 4.24. The largest absolute Gasteiger partial charge is 0.497 e. The number of hydrogen-bond donors (Lipinski definition) is 1. The summed E-state index contributed by atoms with van der Waals surface area (Å²) in [5.74, 6) is -0.272. The van der Waals surface area contributed by atoms with Crippen LogP contribution in [0.3, 0.4) is 0 Å². The third-order valence-electron chi connectivity index (χ3n) is 3.60. The average Bonchev–Trinajstić information content (AvgIpc) is 3.11. The van der Waals surface area contributed by atoms with Crippen LogP contribution in [0.4, 0.5) is 0 Å². The molecule has 0 bridgehead atoms. The summed E-state index contributed by atoms with van der Waals surface area (Å²) in [6.45, 7) is 0. The van der Waals surface area contributed by atoms with Crippen LogP contribution in [0.1, 0.15) is 20.8 Å². The van der Waals surface area contributed by atoms with Crippen molar-refractivity contribution in [2.75, 3.05) is 14.2 Å². The quantitative estimate of drug-likeness (QED) is 0.727. The van der Waals surface area contributed by atoms with Gasteiger partial charge in [0.05, 0.1) is 12.8 Å². The molecule has 1 heterocycles. The lowest BCUT2D eigenvalue weighted by molar-refractivity contribution is 0.0956. The topological polar surface area (TPSA) is 85.6 Å². The van der Waals surface area contributed by atoms with Crippen molar-refractivity contribution in [1.29, 1.82) is 0 Å². The first-order valence-electron chi connectivity index (χ1n) is 7.83. The van der Waals surface area contributed by atoms with Crippen LogP contribution in [0.25, 0.3) is 5.69 Å². The fourth-order valence-electron chi connectivity index (χ4n) is 2.18. The lowest BCUT2D eigenvalue weighted by Crippen LogP contribution is -2.24. The van der Waals surface area contributed by atoms with Crippen LogP contribution in [0, 0.1) is 0 Å². The minimum Gasteiger partial charge on any atom is -0.497 e. The van der Waals surface area contributed by atoms with Crippen LogP contribution < -0.4 is 14.7 Å². The summed E-state index contributed by atoms with van der Waals surface area (Å²) in [6.07, 6.45) is 0. The Morgan fingerprint density at radius 2 is 1.81 bits per heavy atom. The molecule has 3 rings (SSSR count). The second kappa shape index (κ2) is 8.15. The molecule has 0 aliphatic carbocycles. The molecule has 0 aliphatic rings. The number of halogens is 1. The van der Waals surface area contributed by atoms with Crippen LogP contribution in [0.15, 0.2) is 53.5 Å². The second-order valence-electron chi connectivity index (χ2n) is 5.32. The number of nitrogens with zero attached hydrogens (tertiary/aromatic N) is 3. The number of rotatable bonds is 4. The molecule has 27 heavy (non-hydrogen) atoms. The molecule has 0 atom stereocenters. The number of hydrogen-bond acceptors (Lipinski definition) is 5. The van der Waals surface area contributed by atoms with Gasteiger partial charge in [0.2, 0.25) is 0 Å². The number of aromatic nitrogens is 2. The molecule has 0 spiro atoms. The predicted molar refractivity (Wildman–Crippen MR) is 103 cm³/mol. The Kier molecular flexibility index (Phi) is 5.68. The monoisotopic (exact) mass is 402 g/mol. The van der Waals surface area contributed by atoms with E-state index < -0.39 is 11.8 Å². The van der Waals surface area contributed by atoms with Gasteiger partial charge in [0.25, 0.3) is 11.8 Å². The highest BCUT2D eigenvalue weighted by molar-refractivity contribution is 7.04. The molecule has 1 N–H and O–H groups in total. The Balaban J connectivity index is 2.03. The highest BCUT2D eigenvalue weighted by atomic mass is 35.5. The summed E-state index contributed by atoms with van der Waals surface area (Å²) in [6, 6.07) is 13.5. The molecule has 0 fully saturated rings. The minimum absolute atomic E-state index is 0.0688. The summed E-state index contributed by atoms with van der Waals surface area (Å²) in [5, 5.41) is 7.36. The lowest BCUT2D eigenvalue weighted by atomic mass is 10.2. The summed E-state index contributed by atoms with van der Waals surface area (Å²) in [7, 11) is 3.03. The molecule has 9 heteroatoms. The van der Waals surface area contributed by atoms with Crippen molar-refractivity contribution in [2.45, 2.75) is 0 Å². The van der Waals surface area contributed by atoms with Gasteiger partial charge in [0.15, 0.2) is 10.4 Å². The van der Waals surface area contributed by atoms with Crippen molar-refractivity contribution in [1.82, 2.24) is 14.5 Å². The van der Waals surface area contributed by atoms with Crippen molar-refractivity contribution in [3.8, 4) is 11.4 Å². The molecule has 7 nitrogen and oxygen atoms in total. The predicted octanol–water partition coefficient (Wildman–Crippen LogP) is 2.70. The molecule has 1 aromatic heterocycles. The maximum atomic E-state index is 12.5. The number of carbonyl (C=O) groups excluding carboxylic acids is 2. The van der Waals surface area contributed by atoms with Gasteiger partial charge in [0, 0.05) is 17.6 Å². The first-order valence-corrected chi connectivity index (χ1v) is 8.98. The van der Waals surface area contributed by atoms with Crippen molar-refractivity contribution in [2.24, 2.45) is 4.99 Å². The zero-order valence-electron chi connectivity index (χ0n) is 14.5. The third-order valence-corrected chi connectivity index (χ3v) is 4.77. The smallest absolute Gasteiger partial charge is 0.278 e. The molecule has 0 radical (unpaired) electrons. The summed E-state index contributed by atoms with van der Waals surface area (Å²) in [4.78, 5) is 28.7. The summed E-state index contributed by atoms with van der Waals surface area (Å²) in [5.41, 5.74) is 1.15. The number of methoxy groups -OCH3 is 1. The van der Waals surface area contributed by atoms with Crippen LogP contribution >= 0.6 is 23.1 Å². The van der Waals surface area contributed by atoms with E-state index in [-0.39, 0.29) is 10.4 Å². The highest BCUT2D eigenvalue weighted by Gasteiger charge is 2.16. The van der Waals surface area contributed by atoms with Gasteiger partial charge >= 0.3 is 0 Å². The van der Waals surface area contributed by atoms with Gasteiger partial charge in [-0.25, -0.2) is 0 Å². The minimum atomic E-state index is -0.477. The zero-order chi connectivity index (χ0) is 19.4. The zero-order valence-corrected chi connectivity index (χ0v) is 16.0. The number of ether oxygens (including phenoxy) is 1. The summed E-state index contributed by atoms with van der Waals surface area (Å²) < 4.78 is 6.81. The molecular weight excluding hydrogens is 388 g/mol. The van der Waals surface area contributed by atoms with E-state index in [0.29, 0.717) is 22.0 Å². The number of nitrogens with one attached hydrogen (secondary N) is 1. The summed E-state index contributed by atoms with van der Waals surface area (Å²) >= 11 is 6.99. The molecular formula is C18H15ClN4O3S. The molecule has 2 amide bonds. The number of benzene rings is 2. The fourth-order valence-corrected chi connectivity index (χ4v) is 3.17. The van der Waals surface area contributed by atoms with Crippen molar-refractivity contribution >= 4 is 34.9 Å².